The quantitative estimate of drug-likeness (QED) is 0.423. The molecule has 0 bridgehead atoms. The van der Waals surface area contributed by atoms with E-state index >= 15 is 0 Å². The third-order valence-corrected chi connectivity index (χ3v) is 5.07. The van der Waals surface area contributed by atoms with Crippen LogP contribution in [0.2, 0.25) is 0 Å². The Hall–Kier alpha value is -1.31. The molecule has 1 aromatic rings. The summed E-state index contributed by atoms with van der Waals surface area (Å²) in [4.78, 5) is 12.5. The summed E-state index contributed by atoms with van der Waals surface area (Å²) in [5, 5.41) is 0. The number of hydrogen-bond acceptors (Lipinski definition) is 2. The monoisotopic (exact) mass is 318 g/mol. The van der Waals surface area contributed by atoms with Crippen molar-refractivity contribution >= 4 is 5.97 Å². The summed E-state index contributed by atoms with van der Waals surface area (Å²) in [6.45, 7) is 13.7. The molecular weight excluding hydrogens is 284 g/mol. The number of carbonyl (C=O) groups is 1. The van der Waals surface area contributed by atoms with Gasteiger partial charge in [-0.05, 0) is 35.7 Å². The van der Waals surface area contributed by atoms with E-state index in [1.54, 1.807) is 0 Å². The lowest BCUT2D eigenvalue weighted by Crippen LogP contribution is -2.31. The van der Waals surface area contributed by atoms with Crippen LogP contribution in [-0.4, -0.2) is 12.6 Å². The first kappa shape index (κ1) is 19.7. The van der Waals surface area contributed by atoms with E-state index in [2.05, 4.69) is 65.8 Å². The van der Waals surface area contributed by atoms with Gasteiger partial charge in [0.2, 0.25) is 0 Å². The number of carbonyl (C=O) groups excluding carboxylic acids is 1. The molecule has 0 aromatic heterocycles. The molecule has 23 heavy (non-hydrogen) atoms. The van der Waals surface area contributed by atoms with E-state index in [0.717, 1.165) is 19.3 Å². The maximum atomic E-state index is 12.5. The molecule has 1 rings (SSSR count). The van der Waals surface area contributed by atoms with Gasteiger partial charge in [0.1, 0.15) is 0 Å². The Balaban J connectivity index is 2.79. The zero-order chi connectivity index (χ0) is 17.5. The van der Waals surface area contributed by atoms with Crippen LogP contribution in [-0.2, 0) is 9.53 Å². The average molecular weight is 319 g/mol. The second kappa shape index (κ2) is 9.10. The summed E-state index contributed by atoms with van der Waals surface area (Å²) in [7, 11) is 0. The molecule has 2 atom stereocenters. The smallest absolute Gasteiger partial charge is 0.309 e. The first-order valence-electron chi connectivity index (χ1n) is 9.01. The van der Waals surface area contributed by atoms with Gasteiger partial charge in [0.25, 0.3) is 0 Å². The zero-order valence-electron chi connectivity index (χ0n) is 15.8. The summed E-state index contributed by atoms with van der Waals surface area (Å²) in [5.74, 6) is 0.634. The lowest BCUT2D eigenvalue weighted by molar-refractivity contribution is -0.151. The van der Waals surface area contributed by atoms with E-state index < -0.39 is 0 Å². The van der Waals surface area contributed by atoms with Crippen LogP contribution in [0, 0.1) is 17.3 Å². The normalized spacial score (nSPS) is 14.6. The van der Waals surface area contributed by atoms with Crippen molar-refractivity contribution in [2.75, 3.05) is 6.61 Å². The Morgan fingerprint density at radius 3 is 2.26 bits per heavy atom. The molecule has 2 heteroatoms. The van der Waals surface area contributed by atoms with Gasteiger partial charge in [-0.2, -0.15) is 0 Å². The van der Waals surface area contributed by atoms with E-state index in [4.69, 9.17) is 4.74 Å². The van der Waals surface area contributed by atoms with Crippen molar-refractivity contribution in [1.82, 2.24) is 0 Å². The molecule has 1 aromatic carbocycles. The molecule has 0 aliphatic rings. The SMILES string of the molecule is CCCCOC(=O)C(CC(C)(C)C(C)c1ccccc1)C(C)C. The molecule has 0 fully saturated rings. The molecule has 0 spiro atoms. The average Bonchev–Trinajstić information content (AvgIpc) is 2.52. The van der Waals surface area contributed by atoms with Crippen LogP contribution in [0.25, 0.3) is 0 Å². The second-order valence-corrected chi connectivity index (χ2v) is 7.70. The molecule has 2 unspecified atom stereocenters. The fourth-order valence-electron chi connectivity index (χ4n) is 2.95. The minimum atomic E-state index is -0.0342. The Kier molecular flexibility index (Phi) is 7.81. The molecule has 0 aliphatic heterocycles. The van der Waals surface area contributed by atoms with Crippen LogP contribution >= 0.6 is 0 Å². The Bertz CT molecular complexity index is 462. The number of hydrogen-bond donors (Lipinski definition) is 0. The van der Waals surface area contributed by atoms with Crippen LogP contribution in [0.4, 0.5) is 0 Å². The van der Waals surface area contributed by atoms with Gasteiger partial charge in [0, 0.05) is 0 Å². The lowest BCUT2D eigenvalue weighted by atomic mass is 9.69. The second-order valence-electron chi connectivity index (χ2n) is 7.70. The van der Waals surface area contributed by atoms with E-state index in [9.17, 15) is 4.79 Å². The highest BCUT2D eigenvalue weighted by atomic mass is 16.5. The molecule has 130 valence electrons. The van der Waals surface area contributed by atoms with Gasteiger partial charge in [-0.3, -0.25) is 4.79 Å². The number of rotatable bonds is 9. The molecule has 0 N–H and O–H groups in total. The van der Waals surface area contributed by atoms with E-state index in [1.807, 2.05) is 6.07 Å². The summed E-state index contributed by atoms with van der Waals surface area (Å²) >= 11 is 0. The number of unbranched alkanes of at least 4 members (excludes halogenated alkanes) is 1. The Labute approximate surface area is 142 Å². The highest BCUT2D eigenvalue weighted by Gasteiger charge is 2.35. The number of esters is 1. The molecule has 0 amide bonds. The largest absolute Gasteiger partial charge is 0.465 e. The molecule has 0 radical (unpaired) electrons. The predicted molar refractivity (Wildman–Crippen MR) is 97.5 cm³/mol. The fraction of sp³-hybridized carbons (Fsp3) is 0.667. The Morgan fingerprint density at radius 1 is 1.13 bits per heavy atom. The minimum absolute atomic E-state index is 0.0261. The molecular formula is C21H34O2. The van der Waals surface area contributed by atoms with Crippen molar-refractivity contribution in [1.29, 1.82) is 0 Å². The van der Waals surface area contributed by atoms with Crippen LogP contribution < -0.4 is 0 Å². The maximum Gasteiger partial charge on any atom is 0.309 e. The van der Waals surface area contributed by atoms with Gasteiger partial charge >= 0.3 is 5.97 Å². The van der Waals surface area contributed by atoms with Crippen molar-refractivity contribution in [3.8, 4) is 0 Å². The third kappa shape index (κ3) is 6.01. The molecule has 0 heterocycles. The predicted octanol–water partition coefficient (Wildman–Crippen LogP) is 5.82. The van der Waals surface area contributed by atoms with Gasteiger partial charge in [0.05, 0.1) is 12.5 Å². The summed E-state index contributed by atoms with van der Waals surface area (Å²) in [6, 6.07) is 10.6. The van der Waals surface area contributed by atoms with Crippen LogP contribution in [0.5, 0.6) is 0 Å². The third-order valence-electron chi connectivity index (χ3n) is 5.07. The fourth-order valence-corrected chi connectivity index (χ4v) is 2.95. The first-order valence-corrected chi connectivity index (χ1v) is 9.01. The van der Waals surface area contributed by atoms with E-state index in [-0.39, 0.29) is 17.3 Å². The first-order chi connectivity index (χ1) is 10.8. The number of benzene rings is 1. The highest BCUT2D eigenvalue weighted by Crippen LogP contribution is 2.42. The van der Waals surface area contributed by atoms with Crippen molar-refractivity contribution in [3.05, 3.63) is 35.9 Å². The minimum Gasteiger partial charge on any atom is -0.465 e. The van der Waals surface area contributed by atoms with Gasteiger partial charge in [-0.25, -0.2) is 0 Å². The topological polar surface area (TPSA) is 26.3 Å². The molecule has 0 saturated heterocycles. The van der Waals surface area contributed by atoms with Gasteiger partial charge in [0.15, 0.2) is 0 Å². The summed E-state index contributed by atoms with van der Waals surface area (Å²) in [5.41, 5.74) is 1.37. The van der Waals surface area contributed by atoms with Gasteiger partial charge in [-0.1, -0.05) is 78.3 Å². The van der Waals surface area contributed by atoms with Crippen molar-refractivity contribution in [2.45, 2.75) is 66.7 Å². The standard InChI is InChI=1S/C21H34O2/c1-7-8-14-23-20(22)19(16(2)3)15-21(5,6)17(4)18-12-10-9-11-13-18/h9-13,16-17,19H,7-8,14-15H2,1-6H3. The maximum absolute atomic E-state index is 12.5. The van der Waals surface area contributed by atoms with Crippen molar-refractivity contribution in [3.63, 3.8) is 0 Å². The van der Waals surface area contributed by atoms with E-state index in [1.165, 1.54) is 5.56 Å². The highest BCUT2D eigenvalue weighted by molar-refractivity contribution is 5.72. The van der Waals surface area contributed by atoms with Crippen LogP contribution in [0.15, 0.2) is 30.3 Å². The van der Waals surface area contributed by atoms with Crippen LogP contribution in [0.1, 0.15) is 72.3 Å². The van der Waals surface area contributed by atoms with Crippen LogP contribution in [0.3, 0.4) is 0 Å². The number of ether oxygens (including phenoxy) is 1. The molecule has 0 aliphatic carbocycles. The summed E-state index contributed by atoms with van der Waals surface area (Å²) < 4.78 is 5.50. The van der Waals surface area contributed by atoms with Crippen molar-refractivity contribution < 1.29 is 9.53 Å². The van der Waals surface area contributed by atoms with Crippen molar-refractivity contribution in [2.24, 2.45) is 17.3 Å². The van der Waals surface area contributed by atoms with Gasteiger partial charge < -0.3 is 4.74 Å². The zero-order valence-corrected chi connectivity index (χ0v) is 15.8. The lowest BCUT2D eigenvalue weighted by Gasteiger charge is -2.36. The van der Waals surface area contributed by atoms with Gasteiger partial charge in [-0.15, -0.1) is 0 Å². The Morgan fingerprint density at radius 2 is 1.74 bits per heavy atom. The molecule has 2 nitrogen and oxygen atoms in total. The molecule has 0 saturated carbocycles. The van der Waals surface area contributed by atoms with E-state index in [0.29, 0.717) is 18.4 Å². The summed E-state index contributed by atoms with van der Waals surface area (Å²) in [6.07, 6.45) is 2.85.